The summed E-state index contributed by atoms with van der Waals surface area (Å²) >= 11 is 12.5. The van der Waals surface area contributed by atoms with E-state index >= 15 is 0 Å². The van der Waals surface area contributed by atoms with E-state index in [0.717, 1.165) is 10.0 Å². The van der Waals surface area contributed by atoms with Crippen LogP contribution in [0.25, 0.3) is 0 Å². The molecule has 1 nitrogen and oxygen atoms in total. The minimum Gasteiger partial charge on any atom is -0.384 e. The molecule has 0 saturated carbocycles. The van der Waals surface area contributed by atoms with Gasteiger partial charge in [0.05, 0.1) is 5.02 Å². The second-order valence-corrected chi connectivity index (χ2v) is 6.31. The maximum absolute atomic E-state index is 13.9. The minimum absolute atomic E-state index is 0.156. The molecule has 0 saturated heterocycles. The summed E-state index contributed by atoms with van der Waals surface area (Å²) < 4.78 is 15.2. The van der Waals surface area contributed by atoms with Crippen molar-refractivity contribution in [2.24, 2.45) is 0 Å². The van der Waals surface area contributed by atoms with Gasteiger partial charge in [-0.1, -0.05) is 39.7 Å². The molecular weight excluding hydrogens is 398 g/mol. The van der Waals surface area contributed by atoms with Gasteiger partial charge in [0.2, 0.25) is 0 Å². The summed E-state index contributed by atoms with van der Waals surface area (Å²) in [5, 5.41) is 10.6. The van der Waals surface area contributed by atoms with Crippen LogP contribution in [0.3, 0.4) is 0 Å². The second-order valence-electron chi connectivity index (χ2n) is 4.20. The molecule has 0 bridgehead atoms. The van der Waals surface area contributed by atoms with Crippen LogP contribution in [0, 0.1) is 12.7 Å². The molecule has 0 radical (unpaired) electrons. The summed E-state index contributed by atoms with van der Waals surface area (Å²) in [6, 6.07) is 8.08. The number of hydrogen-bond acceptors (Lipinski definition) is 1. The Labute approximate surface area is 132 Å². The first-order valence-corrected chi connectivity index (χ1v) is 7.45. The van der Waals surface area contributed by atoms with Gasteiger partial charge in [-0.05, 0) is 52.2 Å². The Hall–Kier alpha value is -0.420. The van der Waals surface area contributed by atoms with E-state index in [1.165, 1.54) is 12.1 Å². The summed E-state index contributed by atoms with van der Waals surface area (Å²) in [6.45, 7) is 1.94. The molecule has 0 aliphatic carbocycles. The molecule has 2 aromatic carbocycles. The van der Waals surface area contributed by atoms with Gasteiger partial charge in [-0.15, -0.1) is 0 Å². The SMILES string of the molecule is Cc1ccc(C(O)c2cc(Cl)c(Br)cc2F)cc1Br. The average molecular weight is 408 g/mol. The number of rotatable bonds is 2. The first-order chi connectivity index (χ1) is 8.90. The van der Waals surface area contributed by atoms with Gasteiger partial charge >= 0.3 is 0 Å². The van der Waals surface area contributed by atoms with Crippen molar-refractivity contribution < 1.29 is 9.50 Å². The molecule has 19 heavy (non-hydrogen) atoms. The number of halogens is 4. The van der Waals surface area contributed by atoms with Crippen LogP contribution in [0.5, 0.6) is 0 Å². The van der Waals surface area contributed by atoms with E-state index in [2.05, 4.69) is 31.9 Å². The zero-order valence-corrected chi connectivity index (χ0v) is 13.9. The van der Waals surface area contributed by atoms with Crippen molar-refractivity contribution in [1.82, 2.24) is 0 Å². The average Bonchev–Trinajstić information content (AvgIpc) is 2.36. The summed E-state index contributed by atoms with van der Waals surface area (Å²) in [5.74, 6) is -0.500. The van der Waals surface area contributed by atoms with E-state index in [1.54, 1.807) is 12.1 Å². The van der Waals surface area contributed by atoms with Gasteiger partial charge in [-0.25, -0.2) is 4.39 Å². The molecule has 1 N–H and O–H groups in total. The van der Waals surface area contributed by atoms with Gasteiger partial charge in [0.15, 0.2) is 0 Å². The van der Waals surface area contributed by atoms with Crippen LogP contribution in [0.2, 0.25) is 5.02 Å². The maximum Gasteiger partial charge on any atom is 0.130 e. The lowest BCUT2D eigenvalue weighted by molar-refractivity contribution is 0.215. The highest BCUT2D eigenvalue weighted by atomic mass is 79.9. The number of benzene rings is 2. The molecule has 0 fully saturated rings. The number of hydrogen-bond donors (Lipinski definition) is 1. The fourth-order valence-electron chi connectivity index (χ4n) is 1.71. The molecule has 2 rings (SSSR count). The van der Waals surface area contributed by atoms with Crippen LogP contribution in [0.1, 0.15) is 22.8 Å². The van der Waals surface area contributed by atoms with Gasteiger partial charge in [0.1, 0.15) is 11.9 Å². The Bertz CT molecular complexity index is 631. The molecule has 1 unspecified atom stereocenters. The van der Waals surface area contributed by atoms with Crippen molar-refractivity contribution >= 4 is 43.5 Å². The summed E-state index contributed by atoms with van der Waals surface area (Å²) in [6.07, 6.45) is -1.05. The molecule has 0 amide bonds. The van der Waals surface area contributed by atoms with Gasteiger partial charge in [-0.2, -0.15) is 0 Å². The maximum atomic E-state index is 13.9. The minimum atomic E-state index is -1.05. The molecule has 5 heteroatoms. The van der Waals surface area contributed by atoms with E-state index < -0.39 is 11.9 Å². The van der Waals surface area contributed by atoms with E-state index in [1.807, 2.05) is 13.0 Å². The van der Waals surface area contributed by atoms with Gasteiger partial charge < -0.3 is 5.11 Å². The third-order valence-electron chi connectivity index (χ3n) is 2.85. The molecule has 2 aromatic rings. The summed E-state index contributed by atoms with van der Waals surface area (Å²) in [7, 11) is 0. The summed E-state index contributed by atoms with van der Waals surface area (Å²) in [4.78, 5) is 0. The van der Waals surface area contributed by atoms with E-state index in [9.17, 15) is 9.50 Å². The first kappa shape index (κ1) is 15.0. The van der Waals surface area contributed by atoms with Crippen LogP contribution in [0.15, 0.2) is 39.3 Å². The highest BCUT2D eigenvalue weighted by Crippen LogP contribution is 2.32. The van der Waals surface area contributed by atoms with Crippen molar-refractivity contribution in [3.63, 3.8) is 0 Å². The van der Waals surface area contributed by atoms with Crippen LogP contribution in [0.4, 0.5) is 4.39 Å². The van der Waals surface area contributed by atoms with Crippen molar-refractivity contribution in [3.05, 3.63) is 66.8 Å². The van der Waals surface area contributed by atoms with Gasteiger partial charge in [0.25, 0.3) is 0 Å². The number of aryl methyl sites for hydroxylation is 1. The van der Waals surface area contributed by atoms with Crippen LogP contribution in [-0.4, -0.2) is 5.11 Å². The van der Waals surface area contributed by atoms with Crippen molar-refractivity contribution in [2.75, 3.05) is 0 Å². The second kappa shape index (κ2) is 5.92. The fraction of sp³-hybridized carbons (Fsp3) is 0.143. The quantitative estimate of drug-likeness (QED) is 0.660. The van der Waals surface area contributed by atoms with E-state index in [4.69, 9.17) is 11.6 Å². The zero-order valence-electron chi connectivity index (χ0n) is 9.92. The Morgan fingerprint density at radius 2 is 1.84 bits per heavy atom. The highest BCUT2D eigenvalue weighted by Gasteiger charge is 2.17. The Balaban J connectivity index is 2.46. The Morgan fingerprint density at radius 3 is 2.47 bits per heavy atom. The molecule has 1 atom stereocenters. The zero-order chi connectivity index (χ0) is 14.2. The molecule has 0 aromatic heterocycles. The van der Waals surface area contributed by atoms with Gasteiger partial charge in [0, 0.05) is 14.5 Å². The highest BCUT2D eigenvalue weighted by molar-refractivity contribution is 9.10. The van der Waals surface area contributed by atoms with Crippen molar-refractivity contribution in [1.29, 1.82) is 0 Å². The lowest BCUT2D eigenvalue weighted by Gasteiger charge is -2.14. The largest absolute Gasteiger partial charge is 0.384 e. The predicted molar refractivity (Wildman–Crippen MR) is 82.1 cm³/mol. The molecule has 100 valence electrons. The smallest absolute Gasteiger partial charge is 0.130 e. The third-order valence-corrected chi connectivity index (χ3v) is 4.90. The lowest BCUT2D eigenvalue weighted by atomic mass is 10.00. The molecular formula is C14H10Br2ClFO. The topological polar surface area (TPSA) is 20.2 Å². The van der Waals surface area contributed by atoms with Crippen LogP contribution in [-0.2, 0) is 0 Å². The molecule has 0 spiro atoms. The number of aliphatic hydroxyl groups excluding tert-OH is 1. The first-order valence-electron chi connectivity index (χ1n) is 5.48. The summed E-state index contributed by atoms with van der Waals surface area (Å²) in [5.41, 5.74) is 1.81. The Kier molecular flexibility index (Phi) is 4.66. The van der Waals surface area contributed by atoms with Crippen molar-refractivity contribution in [3.8, 4) is 0 Å². The van der Waals surface area contributed by atoms with Crippen LogP contribution < -0.4 is 0 Å². The molecule has 0 aliphatic rings. The standard InChI is InChI=1S/C14H10Br2ClFO/c1-7-2-3-8(4-10(7)15)14(19)9-5-12(17)11(16)6-13(9)18/h2-6,14,19H,1H3. The third kappa shape index (κ3) is 3.19. The van der Waals surface area contributed by atoms with Gasteiger partial charge in [-0.3, -0.25) is 0 Å². The van der Waals surface area contributed by atoms with Crippen molar-refractivity contribution in [2.45, 2.75) is 13.0 Å². The number of aliphatic hydroxyl groups is 1. The lowest BCUT2D eigenvalue weighted by Crippen LogP contribution is -2.03. The van der Waals surface area contributed by atoms with Crippen LogP contribution >= 0.6 is 43.5 Å². The molecule has 0 aliphatic heterocycles. The normalized spacial score (nSPS) is 12.5. The van der Waals surface area contributed by atoms with E-state index in [0.29, 0.717) is 15.1 Å². The molecule has 0 heterocycles. The fourth-order valence-corrected chi connectivity index (χ4v) is 2.59. The Morgan fingerprint density at radius 1 is 1.16 bits per heavy atom. The van der Waals surface area contributed by atoms with E-state index in [-0.39, 0.29) is 5.56 Å². The monoisotopic (exact) mass is 406 g/mol. The predicted octanol–water partition coefficient (Wildman–Crippen LogP) is 5.39.